The van der Waals surface area contributed by atoms with Crippen molar-refractivity contribution in [2.24, 2.45) is 5.92 Å². The molecule has 1 aromatic rings. The molecule has 0 radical (unpaired) electrons. The summed E-state index contributed by atoms with van der Waals surface area (Å²) < 4.78 is 0. The Morgan fingerprint density at radius 1 is 1.04 bits per heavy atom. The van der Waals surface area contributed by atoms with Crippen molar-refractivity contribution in [1.29, 1.82) is 0 Å². The second-order valence-corrected chi connectivity index (χ2v) is 7.78. The van der Waals surface area contributed by atoms with E-state index in [2.05, 4.69) is 31.7 Å². The molecule has 6 nitrogen and oxygen atoms in total. The van der Waals surface area contributed by atoms with Gasteiger partial charge in [-0.2, -0.15) is 0 Å². The molecular formula is C19H29N5O. The number of carbonyl (C=O) groups is 1. The summed E-state index contributed by atoms with van der Waals surface area (Å²) in [7, 11) is 2.22. The molecule has 1 amide bonds. The molecule has 3 fully saturated rings. The van der Waals surface area contributed by atoms with Crippen molar-refractivity contribution in [3.8, 4) is 0 Å². The monoisotopic (exact) mass is 343 g/mol. The zero-order valence-corrected chi connectivity index (χ0v) is 15.2. The number of rotatable bonds is 3. The molecule has 0 spiro atoms. The first kappa shape index (κ1) is 16.8. The maximum absolute atomic E-state index is 13.3. The Hall–Kier alpha value is -1.69. The number of carbonyl (C=O) groups excluding carboxylic acids is 1. The highest BCUT2D eigenvalue weighted by atomic mass is 16.2. The molecular weight excluding hydrogens is 314 g/mol. The zero-order valence-electron chi connectivity index (χ0n) is 15.2. The van der Waals surface area contributed by atoms with E-state index in [1.54, 1.807) is 18.6 Å². The number of likely N-dealkylation sites (tertiary alicyclic amines) is 2. The Labute approximate surface area is 150 Å². The highest BCUT2D eigenvalue weighted by Crippen LogP contribution is 2.32. The molecule has 4 heterocycles. The first-order chi connectivity index (χ1) is 12.2. The fraction of sp³-hybridized carbons (Fsp3) is 0.737. The minimum absolute atomic E-state index is 0.100. The minimum Gasteiger partial charge on any atom is -0.355 e. The molecule has 3 atom stereocenters. The van der Waals surface area contributed by atoms with Gasteiger partial charge in [-0.15, -0.1) is 0 Å². The Morgan fingerprint density at radius 2 is 1.84 bits per heavy atom. The molecule has 4 rings (SSSR count). The summed E-state index contributed by atoms with van der Waals surface area (Å²) in [6.07, 6.45) is 12.1. The van der Waals surface area contributed by atoms with Crippen molar-refractivity contribution in [1.82, 2.24) is 19.8 Å². The molecule has 0 aromatic carbocycles. The van der Waals surface area contributed by atoms with Crippen LogP contribution in [0.2, 0.25) is 0 Å². The SMILES string of the molecule is CN1CCC[C@@H]1[C@H]1CCCN1C(=O)[C@@H]1CCCN(c2cnccn2)C1. The van der Waals surface area contributed by atoms with Crippen LogP contribution in [0.4, 0.5) is 5.82 Å². The molecule has 6 heteroatoms. The Balaban J connectivity index is 1.44. The van der Waals surface area contributed by atoms with Crippen LogP contribution in [-0.4, -0.2) is 71.0 Å². The average molecular weight is 343 g/mol. The average Bonchev–Trinajstić information content (AvgIpc) is 3.30. The van der Waals surface area contributed by atoms with Crippen LogP contribution < -0.4 is 4.90 Å². The molecule has 25 heavy (non-hydrogen) atoms. The zero-order chi connectivity index (χ0) is 17.2. The summed E-state index contributed by atoms with van der Waals surface area (Å²) >= 11 is 0. The first-order valence-corrected chi connectivity index (χ1v) is 9.76. The topological polar surface area (TPSA) is 52.6 Å². The minimum atomic E-state index is 0.100. The van der Waals surface area contributed by atoms with Gasteiger partial charge in [0.15, 0.2) is 0 Å². The lowest BCUT2D eigenvalue weighted by Crippen LogP contribution is -2.51. The highest BCUT2D eigenvalue weighted by molar-refractivity contribution is 5.80. The van der Waals surface area contributed by atoms with Crippen LogP contribution >= 0.6 is 0 Å². The van der Waals surface area contributed by atoms with Gasteiger partial charge in [0.05, 0.1) is 12.1 Å². The van der Waals surface area contributed by atoms with Crippen molar-refractivity contribution in [3.05, 3.63) is 18.6 Å². The molecule has 0 unspecified atom stereocenters. The molecule has 0 aliphatic carbocycles. The van der Waals surface area contributed by atoms with Crippen LogP contribution in [0.1, 0.15) is 38.5 Å². The molecule has 0 bridgehead atoms. The van der Waals surface area contributed by atoms with Gasteiger partial charge >= 0.3 is 0 Å². The highest BCUT2D eigenvalue weighted by Gasteiger charge is 2.41. The van der Waals surface area contributed by atoms with Crippen molar-refractivity contribution in [2.45, 2.75) is 50.6 Å². The second-order valence-electron chi connectivity index (χ2n) is 7.78. The van der Waals surface area contributed by atoms with Crippen molar-refractivity contribution < 1.29 is 4.79 Å². The van der Waals surface area contributed by atoms with Gasteiger partial charge in [-0.25, -0.2) is 4.98 Å². The van der Waals surface area contributed by atoms with Gasteiger partial charge in [-0.3, -0.25) is 9.78 Å². The molecule has 0 N–H and O–H groups in total. The van der Waals surface area contributed by atoms with E-state index < -0.39 is 0 Å². The van der Waals surface area contributed by atoms with E-state index in [9.17, 15) is 4.79 Å². The van der Waals surface area contributed by atoms with Gasteiger partial charge in [-0.05, 0) is 52.1 Å². The van der Waals surface area contributed by atoms with E-state index in [-0.39, 0.29) is 5.92 Å². The van der Waals surface area contributed by atoms with E-state index in [4.69, 9.17) is 0 Å². The number of aromatic nitrogens is 2. The smallest absolute Gasteiger partial charge is 0.227 e. The second kappa shape index (κ2) is 7.28. The van der Waals surface area contributed by atoms with E-state index >= 15 is 0 Å². The lowest BCUT2D eigenvalue weighted by Gasteiger charge is -2.38. The van der Waals surface area contributed by atoms with Gasteiger partial charge in [0.2, 0.25) is 5.91 Å². The summed E-state index contributed by atoms with van der Waals surface area (Å²) in [6, 6.07) is 0.984. The van der Waals surface area contributed by atoms with Crippen molar-refractivity contribution >= 4 is 11.7 Å². The Bertz CT molecular complexity index is 595. The maximum atomic E-state index is 13.3. The van der Waals surface area contributed by atoms with Crippen LogP contribution in [0.15, 0.2) is 18.6 Å². The fourth-order valence-corrected chi connectivity index (χ4v) is 4.96. The normalized spacial score (nSPS) is 30.8. The van der Waals surface area contributed by atoms with Crippen LogP contribution in [-0.2, 0) is 4.79 Å². The molecule has 1 aromatic heterocycles. The number of amides is 1. The van der Waals surface area contributed by atoms with Crippen LogP contribution in [0, 0.1) is 5.92 Å². The van der Waals surface area contributed by atoms with Gasteiger partial charge in [0.25, 0.3) is 0 Å². The van der Waals surface area contributed by atoms with Gasteiger partial charge < -0.3 is 14.7 Å². The number of hydrogen-bond donors (Lipinski definition) is 0. The third-order valence-electron chi connectivity index (χ3n) is 6.25. The number of hydrogen-bond acceptors (Lipinski definition) is 5. The molecule has 3 aliphatic heterocycles. The fourth-order valence-electron chi connectivity index (χ4n) is 4.96. The summed E-state index contributed by atoms with van der Waals surface area (Å²) in [5.41, 5.74) is 0. The Morgan fingerprint density at radius 3 is 2.60 bits per heavy atom. The van der Waals surface area contributed by atoms with E-state index in [1.165, 1.54) is 25.8 Å². The van der Waals surface area contributed by atoms with E-state index in [0.29, 0.717) is 18.0 Å². The summed E-state index contributed by atoms with van der Waals surface area (Å²) in [5, 5.41) is 0. The molecule has 3 saturated heterocycles. The quantitative estimate of drug-likeness (QED) is 0.837. The number of nitrogens with zero attached hydrogens (tertiary/aromatic N) is 5. The van der Waals surface area contributed by atoms with Crippen molar-refractivity contribution in [2.75, 3.05) is 38.1 Å². The third kappa shape index (κ3) is 3.36. The predicted molar refractivity (Wildman–Crippen MR) is 97.4 cm³/mol. The lowest BCUT2D eigenvalue weighted by molar-refractivity contribution is -0.137. The van der Waals surface area contributed by atoms with Gasteiger partial charge in [0.1, 0.15) is 5.82 Å². The summed E-state index contributed by atoms with van der Waals surface area (Å²) in [6.45, 7) is 3.86. The van der Waals surface area contributed by atoms with Gasteiger partial charge in [-0.1, -0.05) is 0 Å². The summed E-state index contributed by atoms with van der Waals surface area (Å²) in [5.74, 6) is 1.37. The predicted octanol–water partition coefficient (Wildman–Crippen LogP) is 1.78. The Kier molecular flexibility index (Phi) is 4.88. The summed E-state index contributed by atoms with van der Waals surface area (Å²) in [4.78, 5) is 28.8. The van der Waals surface area contributed by atoms with E-state index in [0.717, 1.165) is 44.7 Å². The molecule has 0 saturated carbocycles. The number of piperidine rings is 1. The number of anilines is 1. The van der Waals surface area contributed by atoms with Crippen molar-refractivity contribution in [3.63, 3.8) is 0 Å². The largest absolute Gasteiger partial charge is 0.355 e. The van der Waals surface area contributed by atoms with Crippen LogP contribution in [0.5, 0.6) is 0 Å². The van der Waals surface area contributed by atoms with Gasteiger partial charge in [0, 0.05) is 44.1 Å². The number of likely N-dealkylation sites (N-methyl/N-ethyl adjacent to an activating group) is 1. The molecule has 136 valence electrons. The molecule has 3 aliphatic rings. The van der Waals surface area contributed by atoms with Crippen LogP contribution in [0.3, 0.4) is 0 Å². The third-order valence-corrected chi connectivity index (χ3v) is 6.25. The van der Waals surface area contributed by atoms with Crippen LogP contribution in [0.25, 0.3) is 0 Å². The maximum Gasteiger partial charge on any atom is 0.227 e. The lowest BCUT2D eigenvalue weighted by atomic mass is 9.95. The first-order valence-electron chi connectivity index (χ1n) is 9.76. The standard InChI is InChI=1S/C19H29N5O/c1-22-10-3-6-16(22)17-7-4-12-24(17)19(25)15-5-2-11-23(14-15)18-13-20-8-9-21-18/h8-9,13,15-17H,2-7,10-12,14H2,1H3/t15-,16-,17-/m1/s1. The van der Waals surface area contributed by atoms with E-state index in [1.807, 2.05) is 0 Å².